The summed E-state index contributed by atoms with van der Waals surface area (Å²) in [6.07, 6.45) is 1.36. The van der Waals surface area contributed by atoms with Crippen molar-refractivity contribution in [2.75, 3.05) is 7.11 Å². The Morgan fingerprint density at radius 2 is 2.11 bits per heavy atom. The Kier molecular flexibility index (Phi) is 3.56. The number of hydrogen-bond acceptors (Lipinski definition) is 5. The topological polar surface area (TPSA) is 74.5 Å². The largest absolute Gasteiger partial charge is 0.481 e. The summed E-state index contributed by atoms with van der Waals surface area (Å²) in [6, 6.07) is 6.25. The molecule has 0 amide bonds. The van der Waals surface area contributed by atoms with Gasteiger partial charge in [0, 0.05) is 12.1 Å². The maximum atomic E-state index is 13.6. The van der Waals surface area contributed by atoms with Crippen LogP contribution in [0.25, 0.3) is 0 Å². The van der Waals surface area contributed by atoms with Crippen LogP contribution in [-0.4, -0.2) is 17.0 Å². The van der Waals surface area contributed by atoms with E-state index in [1.807, 2.05) is 0 Å². The number of methoxy groups -OCH3 is 1. The van der Waals surface area contributed by atoms with Crippen LogP contribution in [0, 0.1) is 15.9 Å². The smallest absolute Gasteiger partial charge is 0.272 e. The molecule has 6 nitrogen and oxygen atoms in total. The molecule has 0 saturated carbocycles. The van der Waals surface area contributed by atoms with Gasteiger partial charge in [0.2, 0.25) is 5.88 Å². The third-order valence-electron chi connectivity index (χ3n) is 2.27. The number of benzene rings is 1. The van der Waals surface area contributed by atoms with Crippen LogP contribution < -0.4 is 9.47 Å². The predicted molar refractivity (Wildman–Crippen MR) is 63.9 cm³/mol. The van der Waals surface area contributed by atoms with Gasteiger partial charge in [-0.15, -0.1) is 0 Å². The highest BCUT2D eigenvalue weighted by Crippen LogP contribution is 2.27. The zero-order valence-corrected chi connectivity index (χ0v) is 9.87. The molecule has 0 unspecified atom stereocenters. The number of ether oxygens (including phenoxy) is 2. The number of rotatable bonds is 4. The first kappa shape index (κ1) is 12.7. The summed E-state index contributed by atoms with van der Waals surface area (Å²) in [4.78, 5) is 13.7. The van der Waals surface area contributed by atoms with E-state index in [1.54, 1.807) is 12.1 Å². The molecule has 0 aliphatic heterocycles. The van der Waals surface area contributed by atoms with Crippen molar-refractivity contribution in [2.24, 2.45) is 0 Å². The molecular weight excluding hydrogens is 255 g/mol. The van der Waals surface area contributed by atoms with Gasteiger partial charge in [-0.3, -0.25) is 10.1 Å². The van der Waals surface area contributed by atoms with E-state index in [0.29, 0.717) is 11.6 Å². The summed E-state index contributed by atoms with van der Waals surface area (Å²) in [5.74, 6) is -0.229. The highest BCUT2D eigenvalue weighted by Gasteiger charge is 2.12. The van der Waals surface area contributed by atoms with Gasteiger partial charge in [0.25, 0.3) is 5.69 Å². The molecule has 0 radical (unpaired) electrons. The molecule has 2 aromatic rings. The van der Waals surface area contributed by atoms with Gasteiger partial charge in [0.1, 0.15) is 5.75 Å². The third-order valence-corrected chi connectivity index (χ3v) is 2.27. The van der Waals surface area contributed by atoms with Crippen molar-refractivity contribution in [2.45, 2.75) is 0 Å². The van der Waals surface area contributed by atoms with E-state index in [9.17, 15) is 14.5 Å². The average Bonchev–Trinajstić information content (AvgIpc) is 2.41. The molecule has 1 heterocycles. The molecule has 0 atom stereocenters. The normalized spacial score (nSPS) is 10.0. The predicted octanol–water partition coefficient (Wildman–Crippen LogP) is 2.93. The van der Waals surface area contributed by atoms with Crippen LogP contribution in [-0.2, 0) is 0 Å². The minimum atomic E-state index is -0.815. The van der Waals surface area contributed by atoms with Gasteiger partial charge in [-0.1, -0.05) is 0 Å². The van der Waals surface area contributed by atoms with Crippen molar-refractivity contribution in [1.82, 2.24) is 4.98 Å². The number of pyridine rings is 1. The molecule has 98 valence electrons. The number of nitrogens with zero attached hydrogens (tertiary/aromatic N) is 2. The van der Waals surface area contributed by atoms with Crippen molar-refractivity contribution >= 4 is 5.69 Å². The lowest BCUT2D eigenvalue weighted by molar-refractivity contribution is -0.385. The molecule has 7 heteroatoms. The van der Waals surface area contributed by atoms with E-state index in [4.69, 9.17) is 9.47 Å². The fraction of sp³-hybridized carbons (Fsp3) is 0.0833. The molecule has 19 heavy (non-hydrogen) atoms. The first-order valence-corrected chi connectivity index (χ1v) is 5.22. The maximum absolute atomic E-state index is 13.6. The van der Waals surface area contributed by atoms with Gasteiger partial charge >= 0.3 is 0 Å². The molecule has 0 N–H and O–H groups in total. The lowest BCUT2D eigenvalue weighted by atomic mass is 10.3. The lowest BCUT2D eigenvalue weighted by Crippen LogP contribution is -1.93. The van der Waals surface area contributed by atoms with Crippen LogP contribution in [0.1, 0.15) is 0 Å². The second-order valence-corrected chi connectivity index (χ2v) is 3.51. The first-order valence-electron chi connectivity index (χ1n) is 5.22. The van der Waals surface area contributed by atoms with E-state index in [-0.39, 0.29) is 11.4 Å². The summed E-state index contributed by atoms with van der Waals surface area (Å²) in [5, 5.41) is 10.5. The lowest BCUT2D eigenvalue weighted by Gasteiger charge is -2.06. The molecule has 1 aromatic carbocycles. The van der Waals surface area contributed by atoms with Crippen molar-refractivity contribution in [1.29, 1.82) is 0 Å². The molecule has 2 rings (SSSR count). The Morgan fingerprint density at radius 3 is 2.63 bits per heavy atom. The number of non-ortho nitro benzene ring substituents is 1. The quantitative estimate of drug-likeness (QED) is 0.627. The van der Waals surface area contributed by atoms with E-state index < -0.39 is 10.7 Å². The Bertz CT molecular complexity index is 601. The van der Waals surface area contributed by atoms with E-state index in [0.717, 1.165) is 12.1 Å². The third kappa shape index (κ3) is 2.95. The minimum absolute atomic E-state index is 0.113. The Hall–Kier alpha value is -2.70. The van der Waals surface area contributed by atoms with Gasteiger partial charge in [-0.25, -0.2) is 9.37 Å². The van der Waals surface area contributed by atoms with E-state index in [1.165, 1.54) is 19.4 Å². The number of nitro benzene ring substituents is 1. The van der Waals surface area contributed by atoms with E-state index >= 15 is 0 Å². The fourth-order valence-electron chi connectivity index (χ4n) is 1.36. The molecule has 1 aromatic heterocycles. The number of halogens is 1. The molecular formula is C12H9FN2O4. The summed E-state index contributed by atoms with van der Waals surface area (Å²) in [5.41, 5.74) is -0.335. The number of aromatic nitrogens is 1. The van der Waals surface area contributed by atoms with Crippen molar-refractivity contribution in [3.8, 4) is 17.4 Å². The number of nitro groups is 1. The van der Waals surface area contributed by atoms with Gasteiger partial charge in [-0.05, 0) is 12.1 Å². The summed E-state index contributed by atoms with van der Waals surface area (Å²) >= 11 is 0. The Morgan fingerprint density at radius 1 is 1.32 bits per heavy atom. The van der Waals surface area contributed by atoms with Crippen LogP contribution in [0.2, 0.25) is 0 Å². The summed E-state index contributed by atoms with van der Waals surface area (Å²) < 4.78 is 23.7. The van der Waals surface area contributed by atoms with Crippen molar-refractivity contribution < 1.29 is 18.8 Å². The SMILES string of the molecule is COc1ccc(Oc2ccc([N+](=O)[O-])cc2F)cn1. The van der Waals surface area contributed by atoms with Gasteiger partial charge in [0.05, 0.1) is 24.3 Å². The standard InChI is InChI=1S/C12H9FN2O4/c1-18-12-5-3-9(7-14-12)19-11-4-2-8(15(16)17)6-10(11)13/h2-7H,1H3. The highest BCUT2D eigenvalue weighted by atomic mass is 19.1. The van der Waals surface area contributed by atoms with Crippen LogP contribution in [0.5, 0.6) is 17.4 Å². The molecule has 0 bridgehead atoms. The van der Waals surface area contributed by atoms with Gasteiger partial charge in [0.15, 0.2) is 11.6 Å². The molecule has 0 aliphatic carbocycles. The minimum Gasteiger partial charge on any atom is -0.481 e. The van der Waals surface area contributed by atoms with Crippen LogP contribution in [0.4, 0.5) is 10.1 Å². The zero-order chi connectivity index (χ0) is 13.8. The van der Waals surface area contributed by atoms with Crippen molar-refractivity contribution in [3.63, 3.8) is 0 Å². The summed E-state index contributed by atoms with van der Waals surface area (Å²) in [6.45, 7) is 0. The zero-order valence-electron chi connectivity index (χ0n) is 9.87. The van der Waals surface area contributed by atoms with E-state index in [2.05, 4.69) is 4.98 Å². The Balaban J connectivity index is 2.20. The second kappa shape index (κ2) is 5.30. The van der Waals surface area contributed by atoms with Crippen LogP contribution in [0.15, 0.2) is 36.5 Å². The Labute approximate surface area is 107 Å². The van der Waals surface area contributed by atoms with Crippen molar-refractivity contribution in [3.05, 3.63) is 52.5 Å². The van der Waals surface area contributed by atoms with Gasteiger partial charge < -0.3 is 9.47 Å². The molecule has 0 spiro atoms. The molecule has 0 saturated heterocycles. The first-order chi connectivity index (χ1) is 9.10. The maximum Gasteiger partial charge on any atom is 0.272 e. The van der Waals surface area contributed by atoms with Crippen LogP contribution >= 0.6 is 0 Å². The average molecular weight is 264 g/mol. The molecule has 0 fully saturated rings. The van der Waals surface area contributed by atoms with Crippen LogP contribution in [0.3, 0.4) is 0 Å². The summed E-state index contributed by atoms with van der Waals surface area (Å²) in [7, 11) is 1.47. The number of hydrogen-bond donors (Lipinski definition) is 0. The second-order valence-electron chi connectivity index (χ2n) is 3.51. The monoisotopic (exact) mass is 264 g/mol. The molecule has 0 aliphatic rings. The fourth-order valence-corrected chi connectivity index (χ4v) is 1.36. The highest BCUT2D eigenvalue weighted by molar-refractivity contribution is 5.39. The van der Waals surface area contributed by atoms with Gasteiger partial charge in [-0.2, -0.15) is 0 Å².